The molecule has 0 aliphatic carbocycles. The van der Waals surface area contributed by atoms with Crippen LogP contribution in [0.4, 0.5) is 13.6 Å². The van der Waals surface area contributed by atoms with Crippen molar-refractivity contribution in [3.63, 3.8) is 0 Å². The fraction of sp³-hybridized carbons (Fsp3) is 0.500. The molecule has 21 heavy (non-hydrogen) atoms. The van der Waals surface area contributed by atoms with Gasteiger partial charge >= 0.3 is 6.09 Å². The summed E-state index contributed by atoms with van der Waals surface area (Å²) in [5.74, 6) is 0. The first kappa shape index (κ1) is 17.3. The first-order valence-electron chi connectivity index (χ1n) is 6.55. The van der Waals surface area contributed by atoms with Crippen LogP contribution in [0.15, 0.2) is 30.3 Å². The van der Waals surface area contributed by atoms with Gasteiger partial charge in [0.05, 0.1) is 19.3 Å². The van der Waals surface area contributed by atoms with Crippen molar-refractivity contribution in [1.29, 1.82) is 0 Å². The Labute approximate surface area is 121 Å². The minimum atomic E-state index is -2.69. The molecule has 0 bridgehead atoms. The Morgan fingerprint density at radius 1 is 1.29 bits per heavy atom. The van der Waals surface area contributed by atoms with Crippen molar-refractivity contribution >= 4 is 6.09 Å². The van der Waals surface area contributed by atoms with E-state index in [2.05, 4.69) is 0 Å². The quantitative estimate of drug-likeness (QED) is 0.766. The van der Waals surface area contributed by atoms with Crippen molar-refractivity contribution in [3.8, 4) is 0 Å². The predicted octanol–water partition coefficient (Wildman–Crippen LogP) is 1.63. The number of carbonyl (C=O) groups is 1. The van der Waals surface area contributed by atoms with Gasteiger partial charge in [0, 0.05) is 6.54 Å². The summed E-state index contributed by atoms with van der Waals surface area (Å²) in [6.45, 7) is -1.38. The van der Waals surface area contributed by atoms with Gasteiger partial charge in [-0.05, 0) is 12.0 Å². The number of alkyl halides is 2. The Bertz CT molecular complexity index is 417. The summed E-state index contributed by atoms with van der Waals surface area (Å²) in [5, 5.41) is 17.9. The maximum atomic E-state index is 12.5. The highest BCUT2D eigenvalue weighted by Crippen LogP contribution is 2.07. The second kappa shape index (κ2) is 9.25. The highest BCUT2D eigenvalue weighted by Gasteiger charge is 2.20. The average molecular weight is 303 g/mol. The van der Waals surface area contributed by atoms with Crippen LogP contribution in [0, 0.1) is 0 Å². The summed E-state index contributed by atoms with van der Waals surface area (Å²) < 4.78 is 29.9. The Hall–Kier alpha value is -1.73. The van der Waals surface area contributed by atoms with Crippen LogP contribution < -0.4 is 0 Å². The topological polar surface area (TPSA) is 70.0 Å². The largest absolute Gasteiger partial charge is 0.445 e. The van der Waals surface area contributed by atoms with Crippen molar-refractivity contribution < 1.29 is 28.5 Å². The van der Waals surface area contributed by atoms with Crippen LogP contribution >= 0.6 is 0 Å². The summed E-state index contributed by atoms with van der Waals surface area (Å²) in [6, 6.07) is 8.86. The molecule has 5 nitrogen and oxygen atoms in total. The smallest absolute Gasteiger partial charge is 0.410 e. The Balaban J connectivity index is 2.50. The van der Waals surface area contributed by atoms with Crippen LogP contribution in [0.5, 0.6) is 0 Å². The van der Waals surface area contributed by atoms with Crippen molar-refractivity contribution in [3.05, 3.63) is 35.9 Å². The SMILES string of the molecule is O=C(OCc1ccccc1)N(CCC(O)CO)CC(F)F. The van der Waals surface area contributed by atoms with Gasteiger partial charge in [-0.15, -0.1) is 0 Å². The van der Waals surface area contributed by atoms with Gasteiger partial charge in [-0.2, -0.15) is 0 Å². The lowest BCUT2D eigenvalue weighted by Crippen LogP contribution is -2.37. The molecule has 1 rings (SSSR count). The van der Waals surface area contributed by atoms with E-state index in [0.717, 1.165) is 10.5 Å². The number of halogens is 2. The van der Waals surface area contributed by atoms with Gasteiger partial charge < -0.3 is 19.8 Å². The predicted molar refractivity (Wildman–Crippen MR) is 71.9 cm³/mol. The molecule has 118 valence electrons. The number of hydrogen-bond acceptors (Lipinski definition) is 4. The number of hydrogen-bond donors (Lipinski definition) is 2. The number of ether oxygens (including phenoxy) is 1. The van der Waals surface area contributed by atoms with Crippen molar-refractivity contribution in [2.45, 2.75) is 25.6 Å². The van der Waals surface area contributed by atoms with Gasteiger partial charge in [0.15, 0.2) is 0 Å². The molecule has 2 N–H and O–H groups in total. The highest BCUT2D eigenvalue weighted by molar-refractivity contribution is 5.67. The van der Waals surface area contributed by atoms with Crippen molar-refractivity contribution in [2.24, 2.45) is 0 Å². The minimum absolute atomic E-state index is 0.00363. The maximum absolute atomic E-state index is 12.5. The molecule has 0 aliphatic rings. The van der Waals surface area contributed by atoms with Crippen LogP contribution in [-0.4, -0.2) is 53.4 Å². The summed E-state index contributed by atoms with van der Waals surface area (Å²) in [5.41, 5.74) is 0.748. The number of carbonyl (C=O) groups excluding carboxylic acids is 1. The number of nitrogens with zero attached hydrogens (tertiary/aromatic N) is 1. The minimum Gasteiger partial charge on any atom is -0.445 e. The third kappa shape index (κ3) is 7.01. The number of benzene rings is 1. The molecule has 1 aromatic rings. The van der Waals surface area contributed by atoms with E-state index in [1.54, 1.807) is 24.3 Å². The number of amides is 1. The molecule has 0 saturated carbocycles. The van der Waals surface area contributed by atoms with Crippen LogP contribution in [0.3, 0.4) is 0 Å². The fourth-order valence-electron chi connectivity index (χ4n) is 1.63. The molecule has 0 aromatic heterocycles. The molecule has 1 aromatic carbocycles. The lowest BCUT2D eigenvalue weighted by molar-refractivity contribution is 0.0416. The molecule has 1 amide bonds. The molecule has 0 fully saturated rings. The van der Waals surface area contributed by atoms with E-state index in [4.69, 9.17) is 9.84 Å². The van der Waals surface area contributed by atoms with E-state index < -0.39 is 31.8 Å². The van der Waals surface area contributed by atoms with E-state index in [9.17, 15) is 18.7 Å². The van der Waals surface area contributed by atoms with Crippen LogP contribution in [0.2, 0.25) is 0 Å². The second-order valence-corrected chi connectivity index (χ2v) is 4.50. The van der Waals surface area contributed by atoms with E-state index in [1.807, 2.05) is 6.07 Å². The summed E-state index contributed by atoms with van der Waals surface area (Å²) >= 11 is 0. The molecule has 0 heterocycles. The fourth-order valence-corrected chi connectivity index (χ4v) is 1.63. The van der Waals surface area contributed by atoms with E-state index in [1.165, 1.54) is 0 Å². The van der Waals surface area contributed by atoms with Gasteiger partial charge in [0.1, 0.15) is 6.61 Å². The number of aliphatic hydroxyl groups excluding tert-OH is 2. The monoisotopic (exact) mass is 303 g/mol. The average Bonchev–Trinajstić information content (AvgIpc) is 2.49. The molecule has 0 saturated heterocycles. The van der Waals surface area contributed by atoms with Gasteiger partial charge in [-0.1, -0.05) is 30.3 Å². The van der Waals surface area contributed by atoms with Gasteiger partial charge in [-0.25, -0.2) is 13.6 Å². The third-order valence-corrected chi connectivity index (χ3v) is 2.76. The van der Waals surface area contributed by atoms with Gasteiger partial charge in [0.25, 0.3) is 6.43 Å². The van der Waals surface area contributed by atoms with Gasteiger partial charge in [-0.3, -0.25) is 0 Å². The maximum Gasteiger partial charge on any atom is 0.410 e. The summed E-state index contributed by atoms with van der Waals surface area (Å²) in [7, 11) is 0. The number of rotatable bonds is 8. The number of aliphatic hydroxyl groups is 2. The molecule has 7 heteroatoms. The molecule has 1 atom stereocenters. The molecular formula is C14H19F2NO4. The third-order valence-electron chi connectivity index (χ3n) is 2.76. The summed E-state index contributed by atoms with van der Waals surface area (Å²) in [4.78, 5) is 12.6. The highest BCUT2D eigenvalue weighted by atomic mass is 19.3. The lowest BCUT2D eigenvalue weighted by Gasteiger charge is -2.22. The van der Waals surface area contributed by atoms with Crippen LogP contribution in [0.1, 0.15) is 12.0 Å². The summed E-state index contributed by atoms with van der Waals surface area (Å²) in [6.07, 6.45) is -4.61. The Morgan fingerprint density at radius 2 is 1.95 bits per heavy atom. The van der Waals surface area contributed by atoms with Crippen LogP contribution in [0.25, 0.3) is 0 Å². The Kier molecular flexibility index (Phi) is 7.63. The molecule has 1 unspecified atom stereocenters. The van der Waals surface area contributed by atoms with Crippen molar-refractivity contribution in [2.75, 3.05) is 19.7 Å². The first-order chi connectivity index (χ1) is 10.0. The second-order valence-electron chi connectivity index (χ2n) is 4.50. The molecule has 0 radical (unpaired) electrons. The lowest BCUT2D eigenvalue weighted by atomic mass is 10.2. The zero-order valence-electron chi connectivity index (χ0n) is 11.5. The van der Waals surface area contributed by atoms with Crippen LogP contribution in [-0.2, 0) is 11.3 Å². The van der Waals surface area contributed by atoms with Crippen molar-refractivity contribution in [1.82, 2.24) is 4.90 Å². The Morgan fingerprint density at radius 3 is 2.52 bits per heavy atom. The first-order valence-corrected chi connectivity index (χ1v) is 6.55. The molecular weight excluding hydrogens is 284 g/mol. The standard InChI is InChI=1S/C14H19F2NO4/c15-13(16)8-17(7-6-12(19)9-18)14(20)21-10-11-4-2-1-3-5-11/h1-5,12-13,18-19H,6-10H2. The van der Waals surface area contributed by atoms with Gasteiger partial charge in [0.2, 0.25) is 0 Å². The van der Waals surface area contributed by atoms with E-state index in [0.29, 0.717) is 0 Å². The zero-order chi connectivity index (χ0) is 15.7. The molecule has 0 aliphatic heterocycles. The molecule has 0 spiro atoms. The van der Waals surface area contributed by atoms with E-state index in [-0.39, 0.29) is 19.6 Å². The zero-order valence-corrected chi connectivity index (χ0v) is 11.5. The van der Waals surface area contributed by atoms with E-state index >= 15 is 0 Å². The normalized spacial score (nSPS) is 12.2.